The van der Waals surface area contributed by atoms with Crippen LogP contribution >= 0.6 is 0 Å². The number of rotatable bonds is 1. The summed E-state index contributed by atoms with van der Waals surface area (Å²) in [6.45, 7) is 12.4. The Bertz CT molecular complexity index is 786. The van der Waals surface area contributed by atoms with Crippen molar-refractivity contribution in [3.63, 3.8) is 0 Å². The number of hydrogen-bond donors (Lipinski definition) is 0. The molecule has 0 radical (unpaired) electrons. The van der Waals surface area contributed by atoms with E-state index in [1.165, 1.54) is 44.9 Å². The molecule has 1 unspecified atom stereocenters. The zero-order chi connectivity index (χ0) is 23.2. The lowest BCUT2D eigenvalue weighted by Crippen LogP contribution is -2.55. The first kappa shape index (κ1) is 22.8. The van der Waals surface area contributed by atoms with E-state index in [9.17, 15) is 4.79 Å². The van der Waals surface area contributed by atoms with Gasteiger partial charge in [0.1, 0.15) is 6.10 Å². The van der Waals surface area contributed by atoms with E-state index in [0.29, 0.717) is 34.7 Å². The van der Waals surface area contributed by atoms with Gasteiger partial charge < -0.3 is 14.2 Å². The van der Waals surface area contributed by atoms with Crippen LogP contribution in [-0.2, 0) is 19.0 Å². The first-order valence-corrected chi connectivity index (χ1v) is 14.2. The first-order chi connectivity index (χ1) is 15.7. The van der Waals surface area contributed by atoms with Crippen LogP contribution in [0.15, 0.2) is 0 Å². The van der Waals surface area contributed by atoms with Crippen molar-refractivity contribution >= 4 is 5.97 Å². The highest BCUT2D eigenvalue weighted by Gasteiger charge is 2.69. The van der Waals surface area contributed by atoms with Gasteiger partial charge in [-0.25, -0.2) is 0 Å². The molecule has 4 aliphatic carbocycles. The molecule has 33 heavy (non-hydrogen) atoms. The third kappa shape index (κ3) is 3.25. The van der Waals surface area contributed by atoms with Crippen LogP contribution in [0.25, 0.3) is 0 Å². The van der Waals surface area contributed by atoms with Gasteiger partial charge in [0.25, 0.3) is 0 Å². The summed E-state index contributed by atoms with van der Waals surface area (Å²) in [5, 5.41) is 0. The van der Waals surface area contributed by atoms with Crippen LogP contribution in [0.4, 0.5) is 0 Å². The van der Waals surface area contributed by atoms with Crippen LogP contribution in [0, 0.1) is 52.3 Å². The summed E-state index contributed by atoms with van der Waals surface area (Å²) in [6.07, 6.45) is 12.9. The van der Waals surface area contributed by atoms with Crippen molar-refractivity contribution in [1.29, 1.82) is 0 Å². The summed E-state index contributed by atoms with van der Waals surface area (Å²) in [6, 6.07) is 0. The third-order valence-corrected chi connectivity index (χ3v) is 12.2. The molecule has 6 aliphatic rings. The normalized spacial score (nSPS) is 57.7. The van der Waals surface area contributed by atoms with Crippen LogP contribution in [0.1, 0.15) is 98.8 Å². The van der Waals surface area contributed by atoms with Crippen LogP contribution in [-0.4, -0.2) is 30.6 Å². The number of hydrogen-bond acceptors (Lipinski definition) is 4. The smallest absolute Gasteiger partial charge is 0.302 e. The standard InChI is InChI=1S/C29H46O4/c1-17-8-13-29(31-16-17)18(2)26-25(33-29)15-24-22-7-6-20-14-21(32-19(3)30)9-11-27(20,4)23(22)10-12-28(24,26)5/h17-18,20-26H,6-16H2,1-5H3/t17-,18+,20+,21+,22-,23+,24+,25+,26?,27+,28+,29-/m1/s1. The van der Waals surface area contributed by atoms with Crippen molar-refractivity contribution in [2.45, 2.75) is 117 Å². The van der Waals surface area contributed by atoms with E-state index in [4.69, 9.17) is 14.2 Å². The minimum absolute atomic E-state index is 0.105. The molecule has 1 spiro atoms. The fourth-order valence-electron chi connectivity index (χ4n) is 10.6. The molecule has 4 heteroatoms. The number of esters is 1. The highest BCUT2D eigenvalue weighted by atomic mass is 16.7. The molecular weight excluding hydrogens is 412 g/mol. The Balaban J connectivity index is 1.21. The lowest BCUT2D eigenvalue weighted by atomic mass is 9.44. The highest BCUT2D eigenvalue weighted by molar-refractivity contribution is 5.66. The maximum atomic E-state index is 11.5. The Hall–Kier alpha value is -0.610. The van der Waals surface area contributed by atoms with E-state index in [1.807, 2.05) is 0 Å². The molecule has 186 valence electrons. The fourth-order valence-corrected chi connectivity index (χ4v) is 10.6. The minimum Gasteiger partial charge on any atom is -0.463 e. The first-order valence-electron chi connectivity index (χ1n) is 14.2. The molecule has 4 nitrogen and oxygen atoms in total. The number of fused-ring (bicyclic) bond motifs is 7. The molecule has 6 rings (SSSR count). The molecule has 0 N–H and O–H groups in total. The molecule has 0 aromatic heterocycles. The average molecular weight is 459 g/mol. The third-order valence-electron chi connectivity index (χ3n) is 12.2. The van der Waals surface area contributed by atoms with E-state index >= 15 is 0 Å². The predicted molar refractivity (Wildman–Crippen MR) is 127 cm³/mol. The van der Waals surface area contributed by atoms with Gasteiger partial charge in [-0.1, -0.05) is 27.7 Å². The topological polar surface area (TPSA) is 44.8 Å². The van der Waals surface area contributed by atoms with Crippen molar-refractivity contribution < 1.29 is 19.0 Å². The van der Waals surface area contributed by atoms with Gasteiger partial charge in [-0.05, 0) is 104 Å². The van der Waals surface area contributed by atoms with Crippen LogP contribution in [0.2, 0.25) is 0 Å². The van der Waals surface area contributed by atoms with Crippen molar-refractivity contribution in [1.82, 2.24) is 0 Å². The van der Waals surface area contributed by atoms with Gasteiger partial charge >= 0.3 is 5.97 Å². The molecule has 0 aromatic rings. The van der Waals surface area contributed by atoms with Gasteiger partial charge in [-0.2, -0.15) is 0 Å². The summed E-state index contributed by atoms with van der Waals surface area (Å²) >= 11 is 0. The highest BCUT2D eigenvalue weighted by Crippen LogP contribution is 2.71. The van der Waals surface area contributed by atoms with Crippen molar-refractivity contribution in [2.75, 3.05) is 6.61 Å². The maximum Gasteiger partial charge on any atom is 0.302 e. The maximum absolute atomic E-state index is 11.5. The zero-order valence-corrected chi connectivity index (χ0v) is 21.6. The average Bonchev–Trinajstić information content (AvgIpc) is 3.21. The lowest BCUT2D eigenvalue weighted by molar-refractivity contribution is -0.273. The SMILES string of the molecule is CC(=O)O[C@H]1CC[C@@]2(C)[C@@H](CC[C@@H]3[C@@H]2CC[C@]2(C)C4[C@H](C[C@@H]32)O[C@]2(CC[C@@H](C)CO2)[C@H]4C)C1. The van der Waals surface area contributed by atoms with Crippen molar-refractivity contribution in [3.8, 4) is 0 Å². The Morgan fingerprint density at radius 2 is 1.70 bits per heavy atom. The van der Waals surface area contributed by atoms with Crippen LogP contribution in [0.5, 0.6) is 0 Å². The van der Waals surface area contributed by atoms with Gasteiger partial charge in [-0.3, -0.25) is 4.79 Å². The largest absolute Gasteiger partial charge is 0.463 e. The van der Waals surface area contributed by atoms with Gasteiger partial charge in [0.05, 0.1) is 12.7 Å². The van der Waals surface area contributed by atoms with Gasteiger partial charge in [-0.15, -0.1) is 0 Å². The molecule has 12 atom stereocenters. The summed E-state index contributed by atoms with van der Waals surface area (Å²) < 4.78 is 19.1. The zero-order valence-electron chi connectivity index (χ0n) is 21.6. The van der Waals surface area contributed by atoms with E-state index in [-0.39, 0.29) is 17.9 Å². The van der Waals surface area contributed by atoms with Crippen LogP contribution in [0.3, 0.4) is 0 Å². The molecule has 2 heterocycles. The molecule has 0 aromatic carbocycles. The Morgan fingerprint density at radius 1 is 0.909 bits per heavy atom. The number of carbonyl (C=O) groups excluding carboxylic acids is 1. The number of carbonyl (C=O) groups is 1. The minimum atomic E-state index is -0.300. The molecule has 0 amide bonds. The molecule has 0 bridgehead atoms. The Labute approximate surface area is 200 Å². The van der Waals surface area contributed by atoms with E-state index in [2.05, 4.69) is 27.7 Å². The second-order valence-corrected chi connectivity index (χ2v) is 13.7. The molecule has 2 saturated heterocycles. The predicted octanol–water partition coefficient (Wildman–Crippen LogP) is 6.36. The summed E-state index contributed by atoms with van der Waals surface area (Å²) in [7, 11) is 0. The molecule has 4 saturated carbocycles. The van der Waals surface area contributed by atoms with Crippen molar-refractivity contribution in [2.24, 2.45) is 52.3 Å². The second-order valence-electron chi connectivity index (χ2n) is 13.7. The Kier molecular flexibility index (Phi) is 5.32. The monoisotopic (exact) mass is 458 g/mol. The van der Waals surface area contributed by atoms with Crippen molar-refractivity contribution in [3.05, 3.63) is 0 Å². The number of ether oxygens (including phenoxy) is 3. The lowest BCUT2D eigenvalue weighted by Gasteiger charge is -2.61. The molecular formula is C29H46O4. The Morgan fingerprint density at radius 3 is 2.42 bits per heavy atom. The second kappa shape index (κ2) is 7.69. The van der Waals surface area contributed by atoms with E-state index in [1.54, 1.807) is 6.92 Å². The molecule has 2 aliphatic heterocycles. The summed E-state index contributed by atoms with van der Waals surface area (Å²) in [5.74, 6) is 4.63. The quantitative estimate of drug-likeness (QED) is 0.429. The van der Waals surface area contributed by atoms with E-state index in [0.717, 1.165) is 49.5 Å². The van der Waals surface area contributed by atoms with Gasteiger partial charge in [0.2, 0.25) is 0 Å². The summed E-state index contributed by atoms with van der Waals surface area (Å²) in [4.78, 5) is 11.5. The summed E-state index contributed by atoms with van der Waals surface area (Å²) in [5.41, 5.74) is 0.828. The van der Waals surface area contributed by atoms with Gasteiger partial charge in [0.15, 0.2) is 5.79 Å². The van der Waals surface area contributed by atoms with E-state index < -0.39 is 0 Å². The fraction of sp³-hybridized carbons (Fsp3) is 0.966. The molecule has 6 fully saturated rings. The van der Waals surface area contributed by atoms with Gasteiger partial charge in [0, 0.05) is 19.3 Å². The van der Waals surface area contributed by atoms with Crippen LogP contribution < -0.4 is 0 Å².